The first-order chi connectivity index (χ1) is 18.3. The van der Waals surface area contributed by atoms with Crippen LogP contribution >= 0.6 is 0 Å². The minimum atomic E-state index is -2.38. The molecule has 39 heavy (non-hydrogen) atoms. The van der Waals surface area contributed by atoms with Crippen molar-refractivity contribution < 1.29 is 53.4 Å². The van der Waals surface area contributed by atoms with E-state index in [0.29, 0.717) is 0 Å². The molecule has 0 N–H and O–H groups in total. The van der Waals surface area contributed by atoms with Gasteiger partial charge in [0.05, 0.1) is 0 Å². The Morgan fingerprint density at radius 2 is 0.667 bits per heavy atom. The number of benzene rings is 4. The molecule has 0 bridgehead atoms. The summed E-state index contributed by atoms with van der Waals surface area (Å²) in [5.74, 6) is -26.5. The maximum atomic E-state index is 14.3. The summed E-state index contributed by atoms with van der Waals surface area (Å²) in [6.07, 6.45) is 0. The molecule has 0 fully saturated rings. The summed E-state index contributed by atoms with van der Waals surface area (Å²) in [6, 6.07) is 10.6. The van der Waals surface area contributed by atoms with Crippen LogP contribution in [0.4, 0.5) is 43.9 Å². The molecule has 0 aliphatic carbocycles. The van der Waals surface area contributed by atoms with Gasteiger partial charge in [0.25, 0.3) is 0 Å². The highest BCUT2D eigenvalue weighted by Gasteiger charge is 2.34. The first-order valence-electron chi connectivity index (χ1n) is 10.9. The Hall–Kier alpha value is -4.22. The lowest BCUT2D eigenvalue weighted by atomic mass is 9.77. The van der Waals surface area contributed by atoms with Crippen LogP contribution in [0.15, 0.2) is 48.5 Å². The molecule has 0 aliphatic rings. The van der Waals surface area contributed by atoms with Gasteiger partial charge in [-0.05, 0) is 12.1 Å². The SMILES string of the molecule is CC(C)(c1ccccc1Oc1c(F)c(F)c(F)c(F)c1F)c1ccccc1Oc1c(F)c(F)c(F)c(F)c1F. The Balaban J connectivity index is 1.83. The summed E-state index contributed by atoms with van der Waals surface area (Å²) in [5, 5.41) is 0. The summed E-state index contributed by atoms with van der Waals surface area (Å²) < 4.78 is 149. The van der Waals surface area contributed by atoms with E-state index in [4.69, 9.17) is 9.47 Å². The molecular weight excluding hydrogens is 546 g/mol. The molecule has 204 valence electrons. The van der Waals surface area contributed by atoms with Gasteiger partial charge in [-0.15, -0.1) is 0 Å². The molecular formula is C27H14F10O2. The highest BCUT2D eigenvalue weighted by atomic mass is 19.2. The van der Waals surface area contributed by atoms with E-state index in [0.717, 1.165) is 12.1 Å². The van der Waals surface area contributed by atoms with E-state index < -0.39 is 75.1 Å². The Labute approximate surface area is 214 Å². The molecule has 0 saturated heterocycles. The molecule has 0 unspecified atom stereocenters. The average Bonchev–Trinajstić information content (AvgIpc) is 2.93. The van der Waals surface area contributed by atoms with Gasteiger partial charge < -0.3 is 9.47 Å². The molecule has 4 rings (SSSR count). The van der Waals surface area contributed by atoms with E-state index in [9.17, 15) is 43.9 Å². The molecule has 0 spiro atoms. The molecule has 0 aromatic heterocycles. The smallest absolute Gasteiger partial charge is 0.207 e. The lowest BCUT2D eigenvalue weighted by Crippen LogP contribution is -2.21. The van der Waals surface area contributed by atoms with E-state index in [-0.39, 0.29) is 22.6 Å². The van der Waals surface area contributed by atoms with E-state index in [1.54, 1.807) is 0 Å². The quantitative estimate of drug-likeness (QED) is 0.133. The van der Waals surface area contributed by atoms with Crippen molar-refractivity contribution in [3.63, 3.8) is 0 Å². The largest absolute Gasteiger partial charge is 0.451 e. The summed E-state index contributed by atoms with van der Waals surface area (Å²) in [7, 11) is 0. The van der Waals surface area contributed by atoms with Crippen molar-refractivity contribution in [1.82, 2.24) is 0 Å². The van der Waals surface area contributed by atoms with Crippen molar-refractivity contribution in [3.05, 3.63) is 118 Å². The molecule has 0 saturated carbocycles. The normalized spacial score (nSPS) is 11.6. The fourth-order valence-corrected chi connectivity index (χ4v) is 3.86. The second-order valence-corrected chi connectivity index (χ2v) is 8.62. The Morgan fingerprint density at radius 1 is 0.410 bits per heavy atom. The number of ether oxygens (including phenoxy) is 2. The van der Waals surface area contributed by atoms with Gasteiger partial charge in [-0.25, -0.2) is 26.3 Å². The highest BCUT2D eigenvalue weighted by Crippen LogP contribution is 2.45. The van der Waals surface area contributed by atoms with Crippen molar-refractivity contribution in [3.8, 4) is 23.0 Å². The van der Waals surface area contributed by atoms with Gasteiger partial charge in [-0.2, -0.15) is 17.6 Å². The molecule has 0 radical (unpaired) electrons. The molecule has 4 aromatic rings. The predicted octanol–water partition coefficient (Wildman–Crippen LogP) is 8.99. The minimum absolute atomic E-state index is 0.0578. The maximum Gasteiger partial charge on any atom is 0.207 e. The summed E-state index contributed by atoms with van der Waals surface area (Å²) in [6.45, 7) is 2.93. The van der Waals surface area contributed by atoms with Gasteiger partial charge in [-0.1, -0.05) is 50.2 Å². The van der Waals surface area contributed by atoms with Gasteiger partial charge in [-0.3, -0.25) is 0 Å². The zero-order chi connectivity index (χ0) is 28.8. The number of halogens is 10. The topological polar surface area (TPSA) is 18.5 Å². The van der Waals surface area contributed by atoms with Crippen LogP contribution in [0.3, 0.4) is 0 Å². The van der Waals surface area contributed by atoms with Crippen molar-refractivity contribution in [2.45, 2.75) is 19.3 Å². The molecule has 12 heteroatoms. The van der Waals surface area contributed by atoms with Crippen molar-refractivity contribution in [1.29, 1.82) is 0 Å². The van der Waals surface area contributed by atoms with Gasteiger partial charge in [0.15, 0.2) is 0 Å². The second-order valence-electron chi connectivity index (χ2n) is 8.62. The summed E-state index contributed by atoms with van der Waals surface area (Å²) >= 11 is 0. The zero-order valence-corrected chi connectivity index (χ0v) is 19.7. The third-order valence-corrected chi connectivity index (χ3v) is 5.88. The van der Waals surface area contributed by atoms with Crippen molar-refractivity contribution >= 4 is 0 Å². The van der Waals surface area contributed by atoms with Gasteiger partial charge in [0.1, 0.15) is 11.5 Å². The predicted molar refractivity (Wildman–Crippen MR) is 118 cm³/mol. The van der Waals surface area contributed by atoms with E-state index in [1.807, 2.05) is 0 Å². The van der Waals surface area contributed by atoms with Gasteiger partial charge in [0, 0.05) is 16.5 Å². The maximum absolute atomic E-state index is 14.3. The Kier molecular flexibility index (Phi) is 7.24. The second kappa shape index (κ2) is 10.2. The van der Waals surface area contributed by atoms with E-state index >= 15 is 0 Å². The van der Waals surface area contributed by atoms with Crippen molar-refractivity contribution in [2.24, 2.45) is 0 Å². The average molecular weight is 560 g/mol. The third-order valence-electron chi connectivity index (χ3n) is 5.88. The molecule has 2 nitrogen and oxygen atoms in total. The molecule has 4 aromatic carbocycles. The van der Waals surface area contributed by atoms with Crippen LogP contribution in [-0.2, 0) is 5.41 Å². The fraction of sp³-hybridized carbons (Fsp3) is 0.111. The number of hydrogen-bond acceptors (Lipinski definition) is 2. The van der Waals surface area contributed by atoms with Crippen molar-refractivity contribution in [2.75, 3.05) is 0 Å². The van der Waals surface area contributed by atoms with E-state index in [2.05, 4.69) is 0 Å². The molecule has 0 heterocycles. The highest BCUT2D eigenvalue weighted by molar-refractivity contribution is 5.53. The van der Waals surface area contributed by atoms with Crippen LogP contribution < -0.4 is 9.47 Å². The number of rotatable bonds is 6. The van der Waals surface area contributed by atoms with Gasteiger partial charge in [0.2, 0.25) is 69.7 Å². The monoisotopic (exact) mass is 560 g/mol. The number of para-hydroxylation sites is 2. The Morgan fingerprint density at radius 3 is 0.974 bits per heavy atom. The van der Waals surface area contributed by atoms with Crippen LogP contribution in [0.25, 0.3) is 0 Å². The third kappa shape index (κ3) is 4.64. The standard InChI is InChI=1S/C27H14F10O2/c1-27(2,11-7-3-5-9-13(11)38-25-21(34)17(30)15(28)18(31)22(25)35)12-8-4-6-10-14(12)39-26-23(36)19(32)16(29)20(33)24(26)37/h3-10H,1-2H3. The van der Waals surface area contributed by atoms with Crippen LogP contribution in [0.1, 0.15) is 25.0 Å². The molecule has 0 atom stereocenters. The van der Waals surface area contributed by atoms with Crippen LogP contribution in [0, 0.1) is 58.2 Å². The number of hydrogen-bond donors (Lipinski definition) is 0. The van der Waals surface area contributed by atoms with Crippen LogP contribution in [0.2, 0.25) is 0 Å². The fourth-order valence-electron chi connectivity index (χ4n) is 3.86. The Bertz CT molecular complexity index is 1430. The van der Waals surface area contributed by atoms with Gasteiger partial charge >= 0.3 is 0 Å². The van der Waals surface area contributed by atoms with E-state index in [1.165, 1.54) is 50.2 Å². The van der Waals surface area contributed by atoms with Crippen LogP contribution in [0.5, 0.6) is 23.0 Å². The first kappa shape index (κ1) is 27.8. The minimum Gasteiger partial charge on any atom is -0.451 e. The van der Waals surface area contributed by atoms with Crippen LogP contribution in [-0.4, -0.2) is 0 Å². The molecule has 0 aliphatic heterocycles. The molecule has 0 amide bonds. The summed E-state index contributed by atoms with van der Waals surface area (Å²) in [4.78, 5) is 0. The first-order valence-corrected chi connectivity index (χ1v) is 10.9. The zero-order valence-electron chi connectivity index (χ0n) is 19.7. The lowest BCUT2D eigenvalue weighted by Gasteiger charge is -2.30. The summed E-state index contributed by atoms with van der Waals surface area (Å²) in [5.41, 5.74) is -1.27. The lowest BCUT2D eigenvalue weighted by molar-refractivity contribution is 0.326.